The van der Waals surface area contributed by atoms with Gasteiger partial charge in [-0.1, -0.05) is 54.6 Å². The third-order valence-electron chi connectivity index (χ3n) is 7.16. The Morgan fingerprint density at radius 3 is 2.18 bits per heavy atom. The third-order valence-corrected chi connectivity index (χ3v) is 7.16. The van der Waals surface area contributed by atoms with E-state index in [4.69, 9.17) is 15.2 Å². The summed E-state index contributed by atoms with van der Waals surface area (Å²) in [7, 11) is 2.54. The van der Waals surface area contributed by atoms with Crippen LogP contribution in [0.2, 0.25) is 0 Å². The number of ether oxygens (including phenoxy) is 2. The van der Waals surface area contributed by atoms with E-state index in [0.717, 1.165) is 5.56 Å². The van der Waals surface area contributed by atoms with Crippen molar-refractivity contribution in [2.45, 2.75) is 18.3 Å². The van der Waals surface area contributed by atoms with Gasteiger partial charge in [0.15, 0.2) is 5.78 Å². The highest BCUT2D eigenvalue weighted by molar-refractivity contribution is 6.14. The van der Waals surface area contributed by atoms with Crippen LogP contribution in [0.3, 0.4) is 0 Å². The van der Waals surface area contributed by atoms with Crippen LogP contribution in [0.5, 0.6) is 0 Å². The maximum absolute atomic E-state index is 14.4. The van der Waals surface area contributed by atoms with Crippen molar-refractivity contribution in [3.05, 3.63) is 119 Å². The first-order chi connectivity index (χ1) is 18.5. The standard InChI is InChI=1S/C30H27N3O5/c1-37-29(35)24-21(18-10-5-3-6-11-18)16-22-25(27(24)34)23(19-12-9-15-32-17-19)26(30(36)38-2)28(31)33(22)20-13-7-4-8-14-20/h3-15,17,21,23-24H,16,31H2,1-2H3. The first-order valence-corrected chi connectivity index (χ1v) is 12.2. The molecule has 3 aromatic rings. The molecule has 2 N–H and O–H groups in total. The number of para-hydroxylation sites is 1. The van der Waals surface area contributed by atoms with E-state index in [1.54, 1.807) is 29.4 Å². The number of benzene rings is 2. The van der Waals surface area contributed by atoms with E-state index in [9.17, 15) is 14.4 Å². The SMILES string of the molecule is COC(=O)C1=C(N)N(c2ccccc2)C2=C(C(=O)C(C(=O)OC)C(c3ccccc3)C2)C1c1cccnc1. The minimum absolute atomic E-state index is 0.109. The minimum atomic E-state index is -1.10. The molecule has 1 aromatic heterocycles. The lowest BCUT2D eigenvalue weighted by Gasteiger charge is -2.44. The Hall–Kier alpha value is -4.72. The number of pyridine rings is 1. The number of methoxy groups -OCH3 is 2. The van der Waals surface area contributed by atoms with Gasteiger partial charge in [0.1, 0.15) is 11.7 Å². The molecule has 3 atom stereocenters. The molecular weight excluding hydrogens is 482 g/mol. The van der Waals surface area contributed by atoms with Crippen LogP contribution in [0, 0.1) is 5.92 Å². The highest BCUT2D eigenvalue weighted by Gasteiger charge is 2.51. The lowest BCUT2D eigenvalue weighted by Crippen LogP contribution is -2.46. The maximum atomic E-state index is 14.4. The monoisotopic (exact) mass is 509 g/mol. The highest BCUT2D eigenvalue weighted by atomic mass is 16.5. The summed E-state index contributed by atoms with van der Waals surface area (Å²) < 4.78 is 10.3. The normalized spacial score (nSPS) is 21.2. The number of carbonyl (C=O) groups excluding carboxylic acids is 3. The molecule has 192 valence electrons. The predicted octanol–water partition coefficient (Wildman–Crippen LogP) is 3.83. The first kappa shape index (κ1) is 25.0. The zero-order valence-corrected chi connectivity index (χ0v) is 21.0. The molecule has 8 heteroatoms. The predicted molar refractivity (Wildman–Crippen MR) is 140 cm³/mol. The number of allylic oxidation sites excluding steroid dienone is 2. The van der Waals surface area contributed by atoms with Gasteiger partial charge in [0.2, 0.25) is 0 Å². The van der Waals surface area contributed by atoms with Gasteiger partial charge in [-0.15, -0.1) is 0 Å². The summed E-state index contributed by atoms with van der Waals surface area (Å²) in [5.41, 5.74) is 9.90. The van der Waals surface area contributed by atoms with Gasteiger partial charge in [-0.2, -0.15) is 0 Å². The van der Waals surface area contributed by atoms with E-state index in [1.807, 2.05) is 60.7 Å². The number of esters is 2. The lowest BCUT2D eigenvalue weighted by atomic mass is 9.67. The fourth-order valence-electron chi connectivity index (χ4n) is 5.50. The van der Waals surface area contributed by atoms with Gasteiger partial charge in [0.25, 0.3) is 0 Å². The van der Waals surface area contributed by atoms with E-state index in [0.29, 0.717) is 28.9 Å². The summed E-state index contributed by atoms with van der Waals surface area (Å²) in [6, 6.07) is 22.2. The zero-order chi connectivity index (χ0) is 26.8. The number of anilines is 1. The number of rotatable bonds is 5. The number of hydrogen-bond acceptors (Lipinski definition) is 8. The van der Waals surface area contributed by atoms with E-state index < -0.39 is 35.5 Å². The molecular formula is C30H27N3O5. The van der Waals surface area contributed by atoms with Crippen molar-refractivity contribution in [2.75, 3.05) is 19.1 Å². The third kappa shape index (κ3) is 4.14. The van der Waals surface area contributed by atoms with Crippen LogP contribution in [0.4, 0.5) is 5.69 Å². The molecule has 1 aliphatic heterocycles. The average molecular weight is 510 g/mol. The van der Waals surface area contributed by atoms with Crippen LogP contribution in [-0.2, 0) is 23.9 Å². The lowest BCUT2D eigenvalue weighted by molar-refractivity contribution is -0.150. The molecule has 0 bridgehead atoms. The molecule has 1 aliphatic carbocycles. The van der Waals surface area contributed by atoms with Gasteiger partial charge in [-0.3, -0.25) is 19.5 Å². The number of ketones is 1. The number of aromatic nitrogens is 1. The number of Topliss-reactive ketones (excluding diaryl/α,β-unsaturated/α-hetero) is 1. The van der Waals surface area contributed by atoms with Crippen molar-refractivity contribution >= 4 is 23.4 Å². The maximum Gasteiger partial charge on any atom is 0.338 e. The fourth-order valence-corrected chi connectivity index (χ4v) is 5.50. The highest BCUT2D eigenvalue weighted by Crippen LogP contribution is 2.51. The largest absolute Gasteiger partial charge is 0.468 e. The Balaban J connectivity index is 1.82. The molecule has 3 unspecified atom stereocenters. The summed E-state index contributed by atoms with van der Waals surface area (Å²) in [6.07, 6.45) is 3.51. The topological polar surface area (TPSA) is 112 Å². The Morgan fingerprint density at radius 1 is 0.921 bits per heavy atom. The van der Waals surface area contributed by atoms with Crippen LogP contribution in [0.15, 0.2) is 108 Å². The van der Waals surface area contributed by atoms with E-state index in [1.165, 1.54) is 14.2 Å². The summed E-state index contributed by atoms with van der Waals surface area (Å²) in [5.74, 6) is -4.03. The summed E-state index contributed by atoms with van der Waals surface area (Å²) in [5, 5.41) is 0. The minimum Gasteiger partial charge on any atom is -0.468 e. The fraction of sp³-hybridized carbons (Fsp3) is 0.200. The van der Waals surface area contributed by atoms with E-state index >= 15 is 0 Å². The Kier molecular flexibility index (Phi) is 6.79. The molecule has 0 saturated carbocycles. The first-order valence-electron chi connectivity index (χ1n) is 12.2. The second kappa shape index (κ2) is 10.3. The van der Waals surface area contributed by atoms with Crippen molar-refractivity contribution in [3.8, 4) is 0 Å². The Labute approximate surface area is 220 Å². The van der Waals surface area contributed by atoms with Gasteiger partial charge < -0.3 is 15.2 Å². The molecule has 0 spiro atoms. The van der Waals surface area contributed by atoms with Crippen LogP contribution in [0.1, 0.15) is 29.4 Å². The number of nitrogens with two attached hydrogens (primary N) is 1. The molecule has 8 nitrogen and oxygen atoms in total. The Bertz CT molecular complexity index is 1430. The number of carbonyl (C=O) groups is 3. The molecule has 2 aromatic carbocycles. The Morgan fingerprint density at radius 2 is 1.58 bits per heavy atom. The summed E-state index contributed by atoms with van der Waals surface area (Å²) in [6.45, 7) is 0. The quantitative estimate of drug-likeness (QED) is 0.408. The van der Waals surface area contributed by atoms with Gasteiger partial charge in [-0.25, -0.2) is 4.79 Å². The second-order valence-electron chi connectivity index (χ2n) is 9.13. The van der Waals surface area contributed by atoms with Crippen molar-refractivity contribution in [1.29, 1.82) is 0 Å². The van der Waals surface area contributed by atoms with E-state index in [-0.39, 0.29) is 11.4 Å². The van der Waals surface area contributed by atoms with Crippen LogP contribution in [0.25, 0.3) is 0 Å². The number of nitrogens with zero attached hydrogens (tertiary/aromatic N) is 2. The van der Waals surface area contributed by atoms with Gasteiger partial charge in [0, 0.05) is 35.3 Å². The summed E-state index contributed by atoms with van der Waals surface area (Å²) >= 11 is 0. The molecule has 0 fully saturated rings. The molecule has 0 saturated heterocycles. The van der Waals surface area contributed by atoms with Crippen LogP contribution < -0.4 is 10.6 Å². The average Bonchev–Trinajstić information content (AvgIpc) is 2.97. The van der Waals surface area contributed by atoms with Gasteiger partial charge in [-0.05, 0) is 35.7 Å². The molecule has 2 aliphatic rings. The van der Waals surface area contributed by atoms with Gasteiger partial charge in [0.05, 0.1) is 25.7 Å². The second-order valence-corrected chi connectivity index (χ2v) is 9.13. The van der Waals surface area contributed by atoms with Crippen molar-refractivity contribution in [2.24, 2.45) is 11.7 Å². The van der Waals surface area contributed by atoms with Crippen molar-refractivity contribution in [1.82, 2.24) is 4.98 Å². The van der Waals surface area contributed by atoms with E-state index in [2.05, 4.69) is 4.98 Å². The molecule has 38 heavy (non-hydrogen) atoms. The van der Waals surface area contributed by atoms with Crippen LogP contribution in [-0.4, -0.2) is 36.9 Å². The smallest absolute Gasteiger partial charge is 0.338 e. The number of hydrogen-bond donors (Lipinski definition) is 1. The van der Waals surface area contributed by atoms with Crippen molar-refractivity contribution in [3.63, 3.8) is 0 Å². The molecule has 5 rings (SSSR count). The zero-order valence-electron chi connectivity index (χ0n) is 21.0. The van der Waals surface area contributed by atoms with Crippen LogP contribution >= 0.6 is 0 Å². The molecule has 0 radical (unpaired) electrons. The van der Waals surface area contributed by atoms with Gasteiger partial charge >= 0.3 is 11.9 Å². The molecule has 2 heterocycles. The summed E-state index contributed by atoms with van der Waals surface area (Å²) in [4.78, 5) is 46.8. The van der Waals surface area contributed by atoms with Crippen molar-refractivity contribution < 1.29 is 23.9 Å². The molecule has 0 amide bonds.